The molecule has 2 aromatic rings. The predicted molar refractivity (Wildman–Crippen MR) is 61.3 cm³/mol. The molecular weight excluding hydrogens is 188 g/mol. The highest BCUT2D eigenvalue weighted by Gasteiger charge is 2.04. The number of Topliss-reactive ketones (excluding diaryl/α,β-unsaturated/α-hetero) is 1. The van der Waals surface area contributed by atoms with Gasteiger partial charge >= 0.3 is 0 Å². The van der Waals surface area contributed by atoms with Crippen molar-refractivity contribution < 1.29 is 4.79 Å². The van der Waals surface area contributed by atoms with Crippen LogP contribution < -0.4 is 5.32 Å². The van der Waals surface area contributed by atoms with Gasteiger partial charge in [0.25, 0.3) is 0 Å². The van der Waals surface area contributed by atoms with Gasteiger partial charge in [0.05, 0.1) is 0 Å². The Morgan fingerprint density at radius 1 is 1.33 bits per heavy atom. The van der Waals surface area contributed by atoms with Crippen molar-refractivity contribution in [1.82, 2.24) is 4.98 Å². The van der Waals surface area contributed by atoms with E-state index in [0.717, 1.165) is 16.6 Å². The molecule has 0 saturated heterocycles. The molecule has 76 valence electrons. The third kappa shape index (κ3) is 1.68. The molecule has 3 nitrogen and oxygen atoms in total. The number of fused-ring (bicyclic) bond motifs is 1. The second-order valence-corrected chi connectivity index (χ2v) is 3.40. The van der Waals surface area contributed by atoms with Gasteiger partial charge in [-0.2, -0.15) is 0 Å². The van der Waals surface area contributed by atoms with Crippen LogP contribution in [-0.4, -0.2) is 17.8 Å². The summed E-state index contributed by atoms with van der Waals surface area (Å²) < 4.78 is 0. The topological polar surface area (TPSA) is 42.0 Å². The van der Waals surface area contributed by atoms with Gasteiger partial charge in [-0.25, -0.2) is 4.98 Å². The van der Waals surface area contributed by atoms with E-state index in [1.807, 2.05) is 31.3 Å². The number of pyridine rings is 1. The smallest absolute Gasteiger partial charge is 0.159 e. The van der Waals surface area contributed by atoms with Crippen LogP contribution >= 0.6 is 0 Å². The first-order valence-electron chi connectivity index (χ1n) is 4.80. The third-order valence-electron chi connectivity index (χ3n) is 2.41. The number of nitrogens with zero attached hydrogens (tertiary/aromatic N) is 1. The summed E-state index contributed by atoms with van der Waals surface area (Å²) in [6.07, 6.45) is 1.75. The Morgan fingerprint density at radius 3 is 2.80 bits per heavy atom. The maximum Gasteiger partial charge on any atom is 0.159 e. The Balaban J connectivity index is 2.72. The van der Waals surface area contributed by atoms with Crippen LogP contribution in [0.2, 0.25) is 0 Å². The molecule has 0 unspecified atom stereocenters. The van der Waals surface area contributed by atoms with Crippen LogP contribution in [-0.2, 0) is 0 Å². The number of hydrogen-bond donors (Lipinski definition) is 1. The number of nitrogens with one attached hydrogen (secondary N) is 1. The summed E-state index contributed by atoms with van der Waals surface area (Å²) in [4.78, 5) is 15.5. The fourth-order valence-corrected chi connectivity index (χ4v) is 1.59. The van der Waals surface area contributed by atoms with Crippen molar-refractivity contribution in [3.63, 3.8) is 0 Å². The highest BCUT2D eigenvalue weighted by Crippen LogP contribution is 2.22. The van der Waals surface area contributed by atoms with Crippen LogP contribution in [0.5, 0.6) is 0 Å². The van der Waals surface area contributed by atoms with Gasteiger partial charge in [0, 0.05) is 24.2 Å². The number of carbonyl (C=O) groups is 1. The summed E-state index contributed by atoms with van der Waals surface area (Å²) in [6, 6.07) is 7.58. The average molecular weight is 200 g/mol. The second-order valence-electron chi connectivity index (χ2n) is 3.40. The number of hydrogen-bond acceptors (Lipinski definition) is 3. The van der Waals surface area contributed by atoms with Gasteiger partial charge in [-0.05, 0) is 24.4 Å². The van der Waals surface area contributed by atoms with Gasteiger partial charge in [0.1, 0.15) is 5.82 Å². The van der Waals surface area contributed by atoms with E-state index < -0.39 is 0 Å². The fourth-order valence-electron chi connectivity index (χ4n) is 1.59. The van der Waals surface area contributed by atoms with Crippen LogP contribution in [0.25, 0.3) is 10.8 Å². The normalized spacial score (nSPS) is 10.3. The molecule has 1 aromatic heterocycles. The summed E-state index contributed by atoms with van der Waals surface area (Å²) in [6.45, 7) is 1.57. The third-order valence-corrected chi connectivity index (χ3v) is 2.41. The lowest BCUT2D eigenvalue weighted by atomic mass is 10.1. The summed E-state index contributed by atoms with van der Waals surface area (Å²) in [7, 11) is 1.82. The highest BCUT2D eigenvalue weighted by atomic mass is 16.1. The summed E-state index contributed by atoms with van der Waals surface area (Å²) in [5.74, 6) is 0.874. The summed E-state index contributed by atoms with van der Waals surface area (Å²) >= 11 is 0. The number of ketones is 1. The number of anilines is 1. The quantitative estimate of drug-likeness (QED) is 0.757. The molecule has 0 fully saturated rings. The molecule has 0 aliphatic rings. The predicted octanol–water partition coefficient (Wildman–Crippen LogP) is 2.48. The Kier molecular flexibility index (Phi) is 2.37. The van der Waals surface area contributed by atoms with Gasteiger partial charge in [-0.15, -0.1) is 0 Å². The van der Waals surface area contributed by atoms with Crippen molar-refractivity contribution in [1.29, 1.82) is 0 Å². The molecule has 15 heavy (non-hydrogen) atoms. The fraction of sp³-hybridized carbons (Fsp3) is 0.167. The molecule has 0 spiro atoms. The van der Waals surface area contributed by atoms with Gasteiger partial charge < -0.3 is 5.32 Å². The first kappa shape index (κ1) is 9.65. The lowest BCUT2D eigenvalue weighted by Crippen LogP contribution is -1.96. The standard InChI is InChI=1S/C12H12N2O/c1-8(15)10-4-3-9-5-6-14-12(13-2)11(9)7-10/h3-7H,1-2H3,(H,13,14). The van der Waals surface area contributed by atoms with E-state index in [1.165, 1.54) is 0 Å². The molecule has 1 heterocycles. The Morgan fingerprint density at radius 2 is 2.13 bits per heavy atom. The van der Waals surface area contributed by atoms with Crippen LogP contribution in [0.15, 0.2) is 30.5 Å². The Hall–Kier alpha value is -1.90. The van der Waals surface area contributed by atoms with E-state index in [0.29, 0.717) is 5.56 Å². The largest absolute Gasteiger partial charge is 0.373 e. The number of carbonyl (C=O) groups excluding carboxylic acids is 1. The van der Waals surface area contributed by atoms with Crippen molar-refractivity contribution in [3.05, 3.63) is 36.0 Å². The van der Waals surface area contributed by atoms with E-state index in [-0.39, 0.29) is 5.78 Å². The van der Waals surface area contributed by atoms with Gasteiger partial charge in [0.15, 0.2) is 5.78 Å². The number of rotatable bonds is 2. The molecule has 0 bridgehead atoms. The molecule has 1 aromatic carbocycles. The molecule has 0 atom stereocenters. The van der Waals surface area contributed by atoms with E-state index in [9.17, 15) is 4.79 Å². The lowest BCUT2D eigenvalue weighted by Gasteiger charge is -2.05. The van der Waals surface area contributed by atoms with Crippen LogP contribution in [0.3, 0.4) is 0 Å². The molecule has 0 aliphatic carbocycles. The van der Waals surface area contributed by atoms with Gasteiger partial charge in [-0.1, -0.05) is 12.1 Å². The molecule has 0 radical (unpaired) electrons. The molecule has 1 N–H and O–H groups in total. The molecule has 0 aliphatic heterocycles. The van der Waals surface area contributed by atoms with Crippen molar-refractivity contribution in [2.75, 3.05) is 12.4 Å². The first-order valence-corrected chi connectivity index (χ1v) is 4.80. The van der Waals surface area contributed by atoms with E-state index >= 15 is 0 Å². The minimum absolute atomic E-state index is 0.0720. The summed E-state index contributed by atoms with van der Waals surface area (Å²) in [5, 5.41) is 5.08. The monoisotopic (exact) mass is 200 g/mol. The molecule has 2 rings (SSSR count). The number of benzene rings is 1. The maximum atomic E-state index is 11.2. The highest BCUT2D eigenvalue weighted by molar-refractivity contribution is 6.01. The SMILES string of the molecule is CNc1nccc2ccc(C(C)=O)cc12. The van der Waals surface area contributed by atoms with Crippen molar-refractivity contribution in [2.24, 2.45) is 0 Å². The van der Waals surface area contributed by atoms with Gasteiger partial charge in [-0.3, -0.25) is 4.79 Å². The molecular formula is C12H12N2O. The molecule has 0 saturated carbocycles. The van der Waals surface area contributed by atoms with Crippen molar-refractivity contribution in [3.8, 4) is 0 Å². The van der Waals surface area contributed by atoms with E-state index in [2.05, 4.69) is 10.3 Å². The van der Waals surface area contributed by atoms with Gasteiger partial charge in [0.2, 0.25) is 0 Å². The van der Waals surface area contributed by atoms with Crippen LogP contribution in [0.4, 0.5) is 5.82 Å². The van der Waals surface area contributed by atoms with Crippen LogP contribution in [0.1, 0.15) is 17.3 Å². The lowest BCUT2D eigenvalue weighted by molar-refractivity contribution is 0.101. The van der Waals surface area contributed by atoms with Crippen molar-refractivity contribution >= 4 is 22.4 Å². The van der Waals surface area contributed by atoms with E-state index in [4.69, 9.17) is 0 Å². The zero-order valence-corrected chi connectivity index (χ0v) is 8.74. The Labute approximate surface area is 88.1 Å². The minimum Gasteiger partial charge on any atom is -0.373 e. The molecule has 3 heteroatoms. The first-order chi connectivity index (χ1) is 7.22. The second kappa shape index (κ2) is 3.69. The number of aromatic nitrogens is 1. The average Bonchev–Trinajstić information content (AvgIpc) is 2.27. The zero-order valence-electron chi connectivity index (χ0n) is 8.74. The Bertz CT molecular complexity index is 520. The minimum atomic E-state index is 0.0720. The maximum absolute atomic E-state index is 11.2. The summed E-state index contributed by atoms with van der Waals surface area (Å²) in [5.41, 5.74) is 0.715. The van der Waals surface area contributed by atoms with E-state index in [1.54, 1.807) is 13.1 Å². The molecule has 0 amide bonds. The van der Waals surface area contributed by atoms with Crippen molar-refractivity contribution in [2.45, 2.75) is 6.92 Å². The zero-order chi connectivity index (χ0) is 10.8. The van der Waals surface area contributed by atoms with Crippen LogP contribution in [0, 0.1) is 0 Å².